The van der Waals surface area contributed by atoms with Crippen LogP contribution < -0.4 is 0 Å². The maximum atomic E-state index is 15.8. The van der Waals surface area contributed by atoms with Crippen molar-refractivity contribution in [1.29, 1.82) is 0 Å². The van der Waals surface area contributed by atoms with E-state index in [2.05, 4.69) is 38.1 Å². The molecule has 0 aliphatic heterocycles. The zero-order valence-electron chi connectivity index (χ0n) is 16.6. The zero-order valence-corrected chi connectivity index (χ0v) is 16.6. The Bertz CT molecular complexity index is 881. The average molecular weight is 381 g/mol. The number of phenolic OH excluding ortho intramolecular Hbond substituents is 1. The first-order valence-corrected chi connectivity index (χ1v) is 10.6. The standard InChI is InChI=1S/C25H29FO2/c1-14-21(28)13-25(2)12-20(26)22-18-9-8-17(27)10-16(18)11-19(23(22)24(14)25)15-6-4-3-5-7-15/h3-10,14,19-24,27-28H,11-13H2,1-2H3/t14-,19+,20+,21+,22+,23-,24+,25-/m1/s1. The fraction of sp³-hybridized carbons (Fsp3) is 0.520. The number of aliphatic hydroxyl groups is 1. The Labute approximate surface area is 166 Å². The number of aliphatic hydroxyl groups excluding tert-OH is 1. The number of fused-ring (bicyclic) bond motifs is 5. The van der Waals surface area contributed by atoms with Gasteiger partial charge in [-0.15, -0.1) is 0 Å². The summed E-state index contributed by atoms with van der Waals surface area (Å²) >= 11 is 0. The first-order chi connectivity index (χ1) is 13.4. The highest BCUT2D eigenvalue weighted by Gasteiger charge is 2.61. The Hall–Kier alpha value is -1.87. The van der Waals surface area contributed by atoms with Gasteiger partial charge in [0.1, 0.15) is 11.9 Å². The van der Waals surface area contributed by atoms with Crippen LogP contribution in [0.4, 0.5) is 4.39 Å². The van der Waals surface area contributed by atoms with Crippen molar-refractivity contribution >= 4 is 0 Å². The Kier molecular flexibility index (Phi) is 4.10. The van der Waals surface area contributed by atoms with Crippen LogP contribution in [0.15, 0.2) is 48.5 Å². The fourth-order valence-corrected chi connectivity index (χ4v) is 7.16. The molecule has 2 saturated carbocycles. The van der Waals surface area contributed by atoms with Crippen molar-refractivity contribution in [2.45, 2.75) is 57.2 Å². The third-order valence-corrected chi connectivity index (χ3v) is 8.15. The lowest BCUT2D eigenvalue weighted by Crippen LogP contribution is -2.49. The monoisotopic (exact) mass is 380 g/mol. The molecule has 2 fully saturated rings. The molecule has 0 saturated heterocycles. The normalized spacial score (nSPS) is 41.8. The predicted octanol–water partition coefficient (Wildman–Crippen LogP) is 5.20. The van der Waals surface area contributed by atoms with Crippen molar-refractivity contribution in [3.8, 4) is 5.75 Å². The predicted molar refractivity (Wildman–Crippen MR) is 108 cm³/mol. The molecule has 0 heterocycles. The minimum Gasteiger partial charge on any atom is -0.508 e. The van der Waals surface area contributed by atoms with Gasteiger partial charge in [-0.3, -0.25) is 0 Å². The molecule has 2 aromatic carbocycles. The van der Waals surface area contributed by atoms with Crippen molar-refractivity contribution in [2.24, 2.45) is 23.2 Å². The van der Waals surface area contributed by atoms with Crippen molar-refractivity contribution < 1.29 is 14.6 Å². The number of hydrogen-bond acceptors (Lipinski definition) is 2. The topological polar surface area (TPSA) is 40.5 Å². The molecule has 5 rings (SSSR count). The van der Waals surface area contributed by atoms with Crippen LogP contribution in [-0.4, -0.2) is 22.5 Å². The highest BCUT2D eigenvalue weighted by molar-refractivity contribution is 5.44. The average Bonchev–Trinajstić information content (AvgIpc) is 2.89. The van der Waals surface area contributed by atoms with E-state index in [1.54, 1.807) is 6.07 Å². The van der Waals surface area contributed by atoms with Crippen LogP contribution >= 0.6 is 0 Å². The second-order valence-corrected chi connectivity index (χ2v) is 9.74. The van der Waals surface area contributed by atoms with Crippen molar-refractivity contribution in [1.82, 2.24) is 0 Å². The van der Waals surface area contributed by atoms with E-state index >= 15 is 4.39 Å². The molecule has 3 heteroatoms. The van der Waals surface area contributed by atoms with Crippen LogP contribution in [0.3, 0.4) is 0 Å². The molecular weight excluding hydrogens is 351 g/mol. The highest BCUT2D eigenvalue weighted by Crippen LogP contribution is 2.65. The Morgan fingerprint density at radius 2 is 1.82 bits per heavy atom. The van der Waals surface area contributed by atoms with Gasteiger partial charge in [-0.1, -0.05) is 50.2 Å². The van der Waals surface area contributed by atoms with Crippen LogP contribution in [0, 0.1) is 23.2 Å². The molecule has 8 atom stereocenters. The van der Waals surface area contributed by atoms with Crippen LogP contribution in [0.25, 0.3) is 0 Å². The van der Waals surface area contributed by atoms with Gasteiger partial charge in [0.25, 0.3) is 0 Å². The van der Waals surface area contributed by atoms with Gasteiger partial charge in [0.05, 0.1) is 6.10 Å². The summed E-state index contributed by atoms with van der Waals surface area (Å²) in [6.07, 6.45) is 0.767. The second kappa shape index (κ2) is 6.32. The molecule has 0 spiro atoms. The molecule has 0 unspecified atom stereocenters. The summed E-state index contributed by atoms with van der Waals surface area (Å²) in [5, 5.41) is 20.8. The number of rotatable bonds is 1. The van der Waals surface area contributed by atoms with Crippen molar-refractivity contribution in [2.75, 3.05) is 0 Å². The van der Waals surface area contributed by atoms with E-state index in [1.165, 1.54) is 5.56 Å². The van der Waals surface area contributed by atoms with Crippen LogP contribution in [0.1, 0.15) is 55.2 Å². The van der Waals surface area contributed by atoms with Gasteiger partial charge >= 0.3 is 0 Å². The molecular formula is C25H29FO2. The minimum absolute atomic E-state index is 0.152. The maximum absolute atomic E-state index is 15.8. The van der Waals surface area contributed by atoms with Gasteiger partial charge in [0, 0.05) is 5.92 Å². The number of aromatic hydroxyl groups is 1. The molecule has 148 valence electrons. The van der Waals surface area contributed by atoms with Crippen LogP contribution in [-0.2, 0) is 6.42 Å². The van der Waals surface area contributed by atoms with Gasteiger partial charge in [-0.2, -0.15) is 0 Å². The summed E-state index contributed by atoms with van der Waals surface area (Å²) in [4.78, 5) is 0. The SMILES string of the molecule is C[C@H]1[C@H]2[C@H]3[C@@H](c4ccc(O)cc4C[C@H]3c3ccccc3)[C@@H](F)C[C@]2(C)C[C@@H]1O. The van der Waals surface area contributed by atoms with Gasteiger partial charge < -0.3 is 10.2 Å². The lowest BCUT2D eigenvalue weighted by molar-refractivity contribution is -0.0235. The summed E-state index contributed by atoms with van der Waals surface area (Å²) in [7, 11) is 0. The van der Waals surface area contributed by atoms with Crippen LogP contribution in [0.5, 0.6) is 5.75 Å². The number of halogens is 1. The van der Waals surface area contributed by atoms with Crippen molar-refractivity contribution in [3.63, 3.8) is 0 Å². The summed E-state index contributed by atoms with van der Waals surface area (Å²) in [6, 6.07) is 15.9. The maximum Gasteiger partial charge on any atom is 0.115 e. The second-order valence-electron chi connectivity index (χ2n) is 9.74. The third-order valence-electron chi connectivity index (χ3n) is 8.15. The Morgan fingerprint density at radius 1 is 1.07 bits per heavy atom. The van der Waals surface area contributed by atoms with Gasteiger partial charge in [0.2, 0.25) is 0 Å². The molecule has 2 nitrogen and oxygen atoms in total. The summed E-state index contributed by atoms with van der Waals surface area (Å²) in [5.41, 5.74) is 3.24. The van der Waals surface area contributed by atoms with E-state index in [4.69, 9.17) is 0 Å². The quantitative estimate of drug-likeness (QED) is 0.714. The van der Waals surface area contributed by atoms with E-state index in [-0.39, 0.29) is 40.9 Å². The third kappa shape index (κ3) is 2.55. The molecule has 2 aromatic rings. The van der Waals surface area contributed by atoms with E-state index in [9.17, 15) is 10.2 Å². The molecule has 28 heavy (non-hydrogen) atoms. The first kappa shape index (κ1) is 18.2. The molecule has 0 bridgehead atoms. The Morgan fingerprint density at radius 3 is 2.57 bits per heavy atom. The number of benzene rings is 2. The summed E-state index contributed by atoms with van der Waals surface area (Å²) in [6.45, 7) is 4.35. The minimum atomic E-state index is -0.918. The van der Waals surface area contributed by atoms with Gasteiger partial charge in [-0.25, -0.2) is 4.39 Å². The molecule has 0 amide bonds. The molecule has 0 aromatic heterocycles. The lowest BCUT2D eigenvalue weighted by Gasteiger charge is -2.54. The number of alkyl halides is 1. The van der Waals surface area contributed by atoms with Gasteiger partial charge in [0.15, 0.2) is 0 Å². The van der Waals surface area contributed by atoms with E-state index in [0.29, 0.717) is 18.8 Å². The lowest BCUT2D eigenvalue weighted by atomic mass is 9.50. The first-order valence-electron chi connectivity index (χ1n) is 10.6. The summed E-state index contributed by atoms with van der Waals surface area (Å²) < 4.78 is 15.8. The number of hydrogen-bond donors (Lipinski definition) is 2. The molecule has 0 radical (unpaired) electrons. The highest BCUT2D eigenvalue weighted by atomic mass is 19.1. The molecule has 3 aliphatic carbocycles. The van der Waals surface area contributed by atoms with E-state index in [1.807, 2.05) is 18.2 Å². The Balaban J connectivity index is 1.70. The van der Waals surface area contributed by atoms with Crippen LogP contribution in [0.2, 0.25) is 0 Å². The van der Waals surface area contributed by atoms with Crippen molar-refractivity contribution in [3.05, 3.63) is 65.2 Å². The van der Waals surface area contributed by atoms with E-state index in [0.717, 1.165) is 17.5 Å². The fourth-order valence-electron chi connectivity index (χ4n) is 7.16. The summed E-state index contributed by atoms with van der Waals surface area (Å²) in [5.74, 6) is 0.933. The smallest absolute Gasteiger partial charge is 0.115 e. The zero-order chi connectivity index (χ0) is 19.6. The van der Waals surface area contributed by atoms with Gasteiger partial charge in [-0.05, 0) is 77.2 Å². The molecule has 3 aliphatic rings. The van der Waals surface area contributed by atoms with E-state index < -0.39 is 6.17 Å². The largest absolute Gasteiger partial charge is 0.508 e. The molecule has 2 N–H and O–H groups in total. The number of phenols is 1.